The third-order valence-corrected chi connectivity index (χ3v) is 5.20. The Balaban J connectivity index is 1.75. The fraction of sp³-hybridized carbons (Fsp3) is 0.211. The highest BCUT2D eigenvalue weighted by Crippen LogP contribution is 2.29. The van der Waals surface area contributed by atoms with Crippen LogP contribution in [0.4, 0.5) is 0 Å². The molecule has 0 aliphatic rings. The van der Waals surface area contributed by atoms with Crippen LogP contribution in [-0.2, 0) is 6.61 Å². The minimum absolute atomic E-state index is 0.345. The van der Waals surface area contributed by atoms with Crippen LogP contribution in [0.15, 0.2) is 46.7 Å². The van der Waals surface area contributed by atoms with Crippen LogP contribution in [0.3, 0.4) is 0 Å². The van der Waals surface area contributed by atoms with E-state index in [-0.39, 0.29) is 0 Å². The van der Waals surface area contributed by atoms with Crippen LogP contribution < -0.4 is 9.47 Å². The van der Waals surface area contributed by atoms with Crippen molar-refractivity contribution in [2.75, 3.05) is 13.4 Å². The van der Waals surface area contributed by atoms with E-state index in [9.17, 15) is 0 Å². The average molecular weight is 437 g/mol. The first-order chi connectivity index (χ1) is 13.5. The second kappa shape index (κ2) is 9.32. The van der Waals surface area contributed by atoms with Crippen molar-refractivity contribution in [3.63, 3.8) is 0 Å². The first-order valence-electron chi connectivity index (χ1n) is 8.27. The number of methoxy groups -OCH3 is 1. The first kappa shape index (κ1) is 20.5. The van der Waals surface area contributed by atoms with Crippen LogP contribution in [0.25, 0.3) is 0 Å². The Hall–Kier alpha value is -2.22. The summed E-state index contributed by atoms with van der Waals surface area (Å²) in [4.78, 5) is 0. The van der Waals surface area contributed by atoms with Crippen molar-refractivity contribution in [2.45, 2.75) is 18.7 Å². The lowest BCUT2D eigenvalue weighted by Crippen LogP contribution is -1.99. The molecule has 2 aromatic carbocycles. The number of aryl methyl sites for hydroxylation is 1. The Bertz CT molecular complexity index is 1010. The van der Waals surface area contributed by atoms with E-state index in [2.05, 4.69) is 15.3 Å². The number of nitrogens with zero attached hydrogens (tertiary/aromatic N) is 4. The third kappa shape index (κ3) is 4.79. The van der Waals surface area contributed by atoms with E-state index in [1.807, 2.05) is 37.4 Å². The molecule has 0 atom stereocenters. The maximum absolute atomic E-state index is 6.05. The van der Waals surface area contributed by atoms with E-state index >= 15 is 0 Å². The highest BCUT2D eigenvalue weighted by atomic mass is 35.5. The molecule has 0 spiro atoms. The van der Waals surface area contributed by atoms with Gasteiger partial charge in [-0.15, -0.1) is 10.2 Å². The predicted octanol–water partition coefficient (Wildman–Crippen LogP) is 5.09. The molecule has 146 valence electrons. The standard InChI is InChI=1S/C19H18Cl2N4O2S/c1-12-23-24-19(28-3)25(12)22-10-13-5-7-17(18(9-13)26-2)27-11-14-4-6-15(20)16(21)8-14/h4-10H,11H2,1-3H3/b22-10-. The number of benzene rings is 2. The Labute approximate surface area is 177 Å². The molecule has 6 nitrogen and oxygen atoms in total. The fourth-order valence-corrected chi connectivity index (χ4v) is 3.19. The van der Waals surface area contributed by atoms with Gasteiger partial charge in [0, 0.05) is 0 Å². The van der Waals surface area contributed by atoms with Crippen molar-refractivity contribution in [3.8, 4) is 11.5 Å². The largest absolute Gasteiger partial charge is 0.493 e. The molecule has 0 N–H and O–H groups in total. The van der Waals surface area contributed by atoms with Crippen molar-refractivity contribution >= 4 is 41.2 Å². The monoisotopic (exact) mass is 436 g/mol. The summed E-state index contributed by atoms with van der Waals surface area (Å²) in [6.07, 6.45) is 3.65. The molecule has 0 amide bonds. The van der Waals surface area contributed by atoms with Gasteiger partial charge in [-0.05, 0) is 54.6 Å². The third-order valence-electron chi connectivity index (χ3n) is 3.84. The topological polar surface area (TPSA) is 61.5 Å². The van der Waals surface area contributed by atoms with Crippen molar-refractivity contribution < 1.29 is 9.47 Å². The molecule has 9 heteroatoms. The molecule has 1 aromatic heterocycles. The molecule has 0 saturated heterocycles. The number of thioether (sulfide) groups is 1. The number of aromatic nitrogens is 3. The Morgan fingerprint density at radius 2 is 1.93 bits per heavy atom. The van der Waals surface area contributed by atoms with Gasteiger partial charge in [-0.1, -0.05) is 41.0 Å². The van der Waals surface area contributed by atoms with E-state index in [4.69, 9.17) is 32.7 Å². The molecule has 0 bridgehead atoms. The van der Waals surface area contributed by atoms with Crippen LogP contribution in [-0.4, -0.2) is 34.5 Å². The van der Waals surface area contributed by atoms with E-state index < -0.39 is 0 Å². The van der Waals surface area contributed by atoms with Crippen molar-refractivity contribution in [1.29, 1.82) is 0 Å². The lowest BCUT2D eigenvalue weighted by Gasteiger charge is -2.12. The molecule has 0 saturated carbocycles. The van der Waals surface area contributed by atoms with Gasteiger partial charge in [0.05, 0.1) is 23.4 Å². The minimum Gasteiger partial charge on any atom is -0.493 e. The summed E-state index contributed by atoms with van der Waals surface area (Å²) >= 11 is 13.5. The molecular formula is C19H18Cl2N4O2S. The van der Waals surface area contributed by atoms with Gasteiger partial charge in [-0.2, -0.15) is 9.78 Å². The number of ether oxygens (including phenoxy) is 2. The smallest absolute Gasteiger partial charge is 0.211 e. The molecule has 0 radical (unpaired) electrons. The van der Waals surface area contributed by atoms with Gasteiger partial charge in [0.15, 0.2) is 17.3 Å². The lowest BCUT2D eigenvalue weighted by molar-refractivity contribution is 0.284. The first-order valence-corrected chi connectivity index (χ1v) is 10.2. The second-order valence-corrected chi connectivity index (χ2v) is 7.33. The fourth-order valence-electron chi connectivity index (χ4n) is 2.40. The Kier molecular flexibility index (Phi) is 6.83. The molecule has 0 unspecified atom stereocenters. The molecule has 0 aliphatic heterocycles. The molecule has 3 rings (SSSR count). The molecule has 3 aromatic rings. The quantitative estimate of drug-likeness (QED) is 0.381. The minimum atomic E-state index is 0.345. The van der Waals surface area contributed by atoms with Crippen LogP contribution in [0.5, 0.6) is 11.5 Å². The van der Waals surface area contributed by atoms with Gasteiger partial charge in [-0.3, -0.25) is 0 Å². The number of rotatable bonds is 7. The lowest BCUT2D eigenvalue weighted by atomic mass is 10.2. The Morgan fingerprint density at radius 3 is 2.64 bits per heavy atom. The zero-order chi connectivity index (χ0) is 20.1. The predicted molar refractivity (Wildman–Crippen MR) is 113 cm³/mol. The molecule has 28 heavy (non-hydrogen) atoms. The number of hydrogen-bond acceptors (Lipinski definition) is 6. The van der Waals surface area contributed by atoms with Gasteiger partial charge >= 0.3 is 0 Å². The molecule has 1 heterocycles. The number of hydrogen-bond donors (Lipinski definition) is 0. The molecule has 0 fully saturated rings. The van der Waals surface area contributed by atoms with Crippen LogP contribution >= 0.6 is 35.0 Å². The second-order valence-electron chi connectivity index (χ2n) is 5.74. The summed E-state index contributed by atoms with van der Waals surface area (Å²) in [5.41, 5.74) is 1.77. The molecular weight excluding hydrogens is 419 g/mol. The highest BCUT2D eigenvalue weighted by Gasteiger charge is 2.08. The molecule has 0 aliphatic carbocycles. The van der Waals surface area contributed by atoms with E-state index in [1.54, 1.807) is 30.1 Å². The van der Waals surface area contributed by atoms with Crippen LogP contribution in [0.1, 0.15) is 17.0 Å². The zero-order valence-corrected chi connectivity index (χ0v) is 17.8. The summed E-state index contributed by atoms with van der Waals surface area (Å²) in [6.45, 7) is 2.20. The van der Waals surface area contributed by atoms with Gasteiger partial charge in [0.2, 0.25) is 5.16 Å². The summed E-state index contributed by atoms with van der Waals surface area (Å²) < 4.78 is 13.0. The summed E-state index contributed by atoms with van der Waals surface area (Å²) in [7, 11) is 1.60. The summed E-state index contributed by atoms with van der Waals surface area (Å²) in [6, 6.07) is 11.0. The summed E-state index contributed by atoms with van der Waals surface area (Å²) in [5.74, 6) is 1.94. The van der Waals surface area contributed by atoms with Gasteiger partial charge in [-0.25, -0.2) is 0 Å². The van der Waals surface area contributed by atoms with Crippen molar-refractivity contribution in [3.05, 3.63) is 63.4 Å². The normalized spacial score (nSPS) is 11.2. The van der Waals surface area contributed by atoms with Gasteiger partial charge < -0.3 is 9.47 Å². The zero-order valence-electron chi connectivity index (χ0n) is 15.5. The van der Waals surface area contributed by atoms with E-state index in [1.165, 1.54) is 11.8 Å². The highest BCUT2D eigenvalue weighted by molar-refractivity contribution is 7.98. The average Bonchev–Trinajstić information content (AvgIpc) is 3.07. The SMILES string of the molecule is COc1cc(/C=N\n2c(C)nnc2SC)ccc1OCc1ccc(Cl)c(Cl)c1. The van der Waals surface area contributed by atoms with Gasteiger partial charge in [0.1, 0.15) is 6.61 Å². The van der Waals surface area contributed by atoms with Crippen LogP contribution in [0.2, 0.25) is 10.0 Å². The van der Waals surface area contributed by atoms with E-state index in [0.717, 1.165) is 16.3 Å². The number of halogens is 2. The maximum atomic E-state index is 6.05. The summed E-state index contributed by atoms with van der Waals surface area (Å²) in [5, 5.41) is 14.3. The van der Waals surface area contributed by atoms with Crippen molar-refractivity contribution in [2.24, 2.45) is 5.10 Å². The van der Waals surface area contributed by atoms with Crippen molar-refractivity contribution in [1.82, 2.24) is 14.9 Å². The maximum Gasteiger partial charge on any atom is 0.211 e. The Morgan fingerprint density at radius 1 is 1.11 bits per heavy atom. The van der Waals surface area contributed by atoms with E-state index in [0.29, 0.717) is 34.0 Å². The van der Waals surface area contributed by atoms with Crippen LogP contribution in [0, 0.1) is 6.92 Å². The van der Waals surface area contributed by atoms with Gasteiger partial charge in [0.25, 0.3) is 0 Å².